The third kappa shape index (κ3) is 5.49. The maximum absolute atomic E-state index is 12.4. The van der Waals surface area contributed by atoms with Crippen LogP contribution in [0.4, 0.5) is 11.4 Å². The van der Waals surface area contributed by atoms with E-state index < -0.39 is 22.7 Å². The molecule has 0 aliphatic carbocycles. The molecule has 0 spiro atoms. The molecule has 2 aromatic carbocycles. The van der Waals surface area contributed by atoms with Crippen molar-refractivity contribution in [3.8, 4) is 0 Å². The number of hydrogen-bond donors (Lipinski definition) is 2. The van der Waals surface area contributed by atoms with E-state index in [1.165, 1.54) is 61.5 Å². The number of carbonyl (C=O) groups excluding carboxylic acids is 3. The van der Waals surface area contributed by atoms with Crippen LogP contribution in [0, 0.1) is 10.1 Å². The number of nitro groups is 1. The largest absolute Gasteiger partial charge is 0.545 e. The highest BCUT2D eigenvalue weighted by molar-refractivity contribution is 6.08. The van der Waals surface area contributed by atoms with Crippen molar-refractivity contribution in [2.75, 3.05) is 5.32 Å². The molecule has 0 heterocycles. The van der Waals surface area contributed by atoms with Gasteiger partial charge in [-0.3, -0.25) is 19.7 Å². The van der Waals surface area contributed by atoms with Crippen molar-refractivity contribution in [1.29, 1.82) is 0 Å². The van der Waals surface area contributed by atoms with E-state index in [0.29, 0.717) is 5.56 Å². The van der Waals surface area contributed by atoms with Gasteiger partial charge in [0.2, 0.25) is 5.91 Å². The summed E-state index contributed by atoms with van der Waals surface area (Å²) in [7, 11) is 0. The van der Waals surface area contributed by atoms with E-state index >= 15 is 0 Å². The first-order valence-corrected chi connectivity index (χ1v) is 7.63. The van der Waals surface area contributed by atoms with Crippen molar-refractivity contribution >= 4 is 35.2 Å². The van der Waals surface area contributed by atoms with Gasteiger partial charge in [0, 0.05) is 24.7 Å². The second-order valence-corrected chi connectivity index (χ2v) is 5.41. The van der Waals surface area contributed by atoms with E-state index in [4.69, 9.17) is 0 Å². The molecule has 0 fully saturated rings. The molecule has 0 saturated heterocycles. The molecule has 0 aliphatic rings. The topological polar surface area (TPSA) is 141 Å². The number of carbonyl (C=O) groups is 3. The molecule has 0 saturated carbocycles. The Hall–Kier alpha value is -4.01. The van der Waals surface area contributed by atoms with Gasteiger partial charge in [-0.1, -0.05) is 12.1 Å². The molecule has 138 valence electrons. The van der Waals surface area contributed by atoms with Crippen LogP contribution in [0.25, 0.3) is 6.08 Å². The smallest absolute Gasteiger partial charge is 0.272 e. The molecule has 0 unspecified atom stereocenters. The highest BCUT2D eigenvalue weighted by Gasteiger charge is 2.13. The van der Waals surface area contributed by atoms with Crippen LogP contribution in [0.1, 0.15) is 22.8 Å². The zero-order valence-electron chi connectivity index (χ0n) is 14.1. The van der Waals surface area contributed by atoms with Gasteiger partial charge < -0.3 is 20.5 Å². The number of non-ortho nitro benzene ring substituents is 1. The van der Waals surface area contributed by atoms with Gasteiger partial charge in [0.15, 0.2) is 0 Å². The standard InChI is InChI=1S/C18H15N3O6/c1-11(22)19-16(9-12-5-7-15(8-6-12)21(26)27)17(23)20-14-4-2-3-13(10-14)18(24)25/h2-10H,1H3,(H,19,22)(H,20,23)(H,24,25)/p-1/b16-9+. The molecule has 0 radical (unpaired) electrons. The summed E-state index contributed by atoms with van der Waals surface area (Å²) < 4.78 is 0. The van der Waals surface area contributed by atoms with Gasteiger partial charge in [-0.2, -0.15) is 0 Å². The highest BCUT2D eigenvalue weighted by atomic mass is 16.6. The Bertz CT molecular complexity index is 934. The predicted molar refractivity (Wildman–Crippen MR) is 94.3 cm³/mol. The summed E-state index contributed by atoms with van der Waals surface area (Å²) in [6.07, 6.45) is 1.34. The van der Waals surface area contributed by atoms with Crippen LogP contribution in [0.5, 0.6) is 0 Å². The van der Waals surface area contributed by atoms with E-state index in [0.717, 1.165) is 0 Å². The number of carboxylic acids is 1. The number of amides is 2. The molecule has 2 aromatic rings. The maximum Gasteiger partial charge on any atom is 0.272 e. The van der Waals surface area contributed by atoms with Gasteiger partial charge in [-0.05, 0) is 41.5 Å². The summed E-state index contributed by atoms with van der Waals surface area (Å²) in [4.78, 5) is 44.9. The van der Waals surface area contributed by atoms with Crippen LogP contribution in [0.15, 0.2) is 54.2 Å². The van der Waals surface area contributed by atoms with Gasteiger partial charge in [0.05, 0.1) is 10.9 Å². The van der Waals surface area contributed by atoms with Gasteiger partial charge in [0.1, 0.15) is 5.70 Å². The molecule has 2 N–H and O–H groups in total. The number of anilines is 1. The summed E-state index contributed by atoms with van der Waals surface area (Å²) >= 11 is 0. The van der Waals surface area contributed by atoms with Crippen LogP contribution in [0.2, 0.25) is 0 Å². The Morgan fingerprint density at radius 3 is 2.30 bits per heavy atom. The van der Waals surface area contributed by atoms with Gasteiger partial charge in [-0.25, -0.2) is 0 Å². The lowest BCUT2D eigenvalue weighted by molar-refractivity contribution is -0.384. The molecule has 9 heteroatoms. The van der Waals surface area contributed by atoms with Crippen molar-refractivity contribution in [2.24, 2.45) is 0 Å². The minimum absolute atomic E-state index is 0.114. The van der Waals surface area contributed by atoms with E-state index in [1.54, 1.807) is 0 Å². The van der Waals surface area contributed by atoms with Crippen LogP contribution in [-0.4, -0.2) is 22.7 Å². The predicted octanol–water partition coefficient (Wildman–Crippen LogP) is 1.07. The molecule has 2 amide bonds. The Morgan fingerprint density at radius 2 is 1.74 bits per heavy atom. The van der Waals surface area contributed by atoms with E-state index in [1.807, 2.05) is 0 Å². The number of nitrogens with one attached hydrogen (secondary N) is 2. The summed E-state index contributed by atoms with van der Waals surface area (Å²) in [5.74, 6) is -2.59. The Kier molecular flexibility index (Phi) is 6.00. The molecule has 9 nitrogen and oxygen atoms in total. The maximum atomic E-state index is 12.4. The second-order valence-electron chi connectivity index (χ2n) is 5.41. The number of rotatable bonds is 6. The fourth-order valence-corrected chi connectivity index (χ4v) is 2.13. The van der Waals surface area contributed by atoms with Crippen molar-refractivity contribution in [3.63, 3.8) is 0 Å². The van der Waals surface area contributed by atoms with Crippen molar-refractivity contribution in [1.82, 2.24) is 5.32 Å². The third-order valence-corrected chi connectivity index (χ3v) is 3.33. The summed E-state index contributed by atoms with van der Waals surface area (Å²) in [6, 6.07) is 10.8. The van der Waals surface area contributed by atoms with E-state index in [2.05, 4.69) is 10.6 Å². The Labute approximate surface area is 153 Å². The number of nitrogens with zero attached hydrogens (tertiary/aromatic N) is 1. The van der Waals surface area contributed by atoms with Gasteiger partial charge >= 0.3 is 0 Å². The molecular formula is C18H14N3O6-. The zero-order valence-corrected chi connectivity index (χ0v) is 14.1. The van der Waals surface area contributed by atoms with Crippen molar-refractivity contribution in [3.05, 3.63) is 75.5 Å². The Morgan fingerprint density at radius 1 is 1.07 bits per heavy atom. The summed E-state index contributed by atoms with van der Waals surface area (Å²) in [6.45, 7) is 1.22. The number of aromatic carboxylic acids is 1. The average molecular weight is 368 g/mol. The van der Waals surface area contributed by atoms with Crippen LogP contribution < -0.4 is 15.7 Å². The zero-order chi connectivity index (χ0) is 20.0. The highest BCUT2D eigenvalue weighted by Crippen LogP contribution is 2.15. The number of carboxylic acid groups (broad SMARTS) is 1. The monoisotopic (exact) mass is 368 g/mol. The average Bonchev–Trinajstić information content (AvgIpc) is 2.61. The minimum Gasteiger partial charge on any atom is -0.545 e. The molecule has 0 aliphatic heterocycles. The fourth-order valence-electron chi connectivity index (χ4n) is 2.13. The summed E-state index contributed by atoms with van der Waals surface area (Å²) in [5, 5.41) is 26.4. The lowest BCUT2D eigenvalue weighted by atomic mass is 10.1. The number of nitro benzene ring substituents is 1. The van der Waals surface area contributed by atoms with Gasteiger partial charge in [-0.15, -0.1) is 0 Å². The first kappa shape index (κ1) is 19.3. The third-order valence-electron chi connectivity index (χ3n) is 3.33. The van der Waals surface area contributed by atoms with E-state index in [-0.39, 0.29) is 22.6 Å². The lowest BCUT2D eigenvalue weighted by Gasteiger charge is -2.11. The molecule has 0 atom stereocenters. The quantitative estimate of drug-likeness (QED) is 0.444. The van der Waals surface area contributed by atoms with E-state index in [9.17, 15) is 29.6 Å². The molecule has 27 heavy (non-hydrogen) atoms. The Balaban J connectivity index is 2.28. The second kappa shape index (κ2) is 8.39. The van der Waals surface area contributed by atoms with Crippen molar-refractivity contribution in [2.45, 2.75) is 6.92 Å². The molecule has 0 bridgehead atoms. The van der Waals surface area contributed by atoms with Crippen LogP contribution in [0.3, 0.4) is 0 Å². The van der Waals surface area contributed by atoms with Crippen LogP contribution >= 0.6 is 0 Å². The number of benzene rings is 2. The summed E-state index contributed by atoms with van der Waals surface area (Å²) in [5.41, 5.74) is 0.296. The van der Waals surface area contributed by atoms with Crippen LogP contribution in [-0.2, 0) is 9.59 Å². The fraction of sp³-hybridized carbons (Fsp3) is 0.0556. The molecule has 0 aromatic heterocycles. The number of hydrogen-bond acceptors (Lipinski definition) is 6. The first-order valence-electron chi connectivity index (χ1n) is 7.63. The SMILES string of the molecule is CC(=O)N/C(=C/c1ccc([N+](=O)[O-])cc1)C(=O)Nc1cccc(C(=O)[O-])c1. The first-order chi connectivity index (χ1) is 12.8. The molecule has 2 rings (SSSR count). The normalized spacial score (nSPS) is 10.8. The minimum atomic E-state index is -1.39. The van der Waals surface area contributed by atoms with Gasteiger partial charge in [0.25, 0.3) is 11.6 Å². The van der Waals surface area contributed by atoms with Crippen molar-refractivity contribution < 1.29 is 24.4 Å². The molecular weight excluding hydrogens is 354 g/mol. The lowest BCUT2D eigenvalue weighted by Crippen LogP contribution is -2.29.